The molecule has 4 aromatic heterocycles. The van der Waals surface area contributed by atoms with Gasteiger partial charge in [0.05, 0.1) is 40.1 Å². The highest BCUT2D eigenvalue weighted by Gasteiger charge is 2.28. The number of rotatable bonds is 6. The summed E-state index contributed by atoms with van der Waals surface area (Å²) in [5.74, 6) is -0.329. The van der Waals surface area contributed by atoms with Gasteiger partial charge in [0.25, 0.3) is 5.91 Å². The second-order valence-corrected chi connectivity index (χ2v) is 13.2. The lowest BCUT2D eigenvalue weighted by Crippen LogP contribution is -2.25. The lowest BCUT2D eigenvalue weighted by Gasteiger charge is -2.23. The van der Waals surface area contributed by atoms with Crippen molar-refractivity contribution in [1.82, 2.24) is 19.9 Å². The van der Waals surface area contributed by atoms with Gasteiger partial charge in [-0.25, -0.2) is 17.8 Å². The first kappa shape index (κ1) is 28.7. The van der Waals surface area contributed by atoms with Crippen molar-refractivity contribution in [3.8, 4) is 34.0 Å². The lowest BCUT2D eigenvalue weighted by atomic mass is 9.99. The summed E-state index contributed by atoms with van der Waals surface area (Å²) in [6.07, 6.45) is 4.26. The lowest BCUT2D eigenvalue weighted by molar-refractivity contribution is 0.0964. The van der Waals surface area contributed by atoms with Crippen LogP contribution in [-0.2, 0) is 29.4 Å². The van der Waals surface area contributed by atoms with Crippen molar-refractivity contribution in [2.75, 3.05) is 24.7 Å². The molecular formula is C34H30FN5O4S. The number of hydrogen-bond acceptors (Lipinski definition) is 6. The minimum Gasteiger partial charge on any atom is -0.455 e. The zero-order valence-corrected chi connectivity index (χ0v) is 26.0. The van der Waals surface area contributed by atoms with E-state index in [4.69, 9.17) is 9.40 Å². The van der Waals surface area contributed by atoms with E-state index in [1.165, 1.54) is 17.4 Å². The first-order valence-electron chi connectivity index (χ1n) is 14.6. The molecular weight excluding hydrogens is 593 g/mol. The first-order valence-corrected chi connectivity index (χ1v) is 16.4. The van der Waals surface area contributed by atoms with Crippen molar-refractivity contribution in [3.05, 3.63) is 89.5 Å². The number of nitrogens with one attached hydrogen (secondary N) is 1. The van der Waals surface area contributed by atoms with Crippen LogP contribution in [0.5, 0.6) is 0 Å². The Balaban J connectivity index is 1.48. The Morgan fingerprint density at radius 3 is 2.64 bits per heavy atom. The van der Waals surface area contributed by atoms with E-state index in [0.29, 0.717) is 68.8 Å². The van der Waals surface area contributed by atoms with Crippen molar-refractivity contribution in [2.45, 2.75) is 26.3 Å². The Hall–Kier alpha value is -5.03. The molecule has 1 aliphatic rings. The van der Waals surface area contributed by atoms with Gasteiger partial charge >= 0.3 is 0 Å². The molecule has 0 aliphatic carbocycles. The number of hydrogen-bond donors (Lipinski definition) is 1. The molecule has 5 heterocycles. The number of halogens is 1. The molecule has 2 aromatic carbocycles. The minimum absolute atomic E-state index is 0.299. The summed E-state index contributed by atoms with van der Waals surface area (Å²) in [6, 6.07) is 17.8. The van der Waals surface area contributed by atoms with E-state index in [1.54, 1.807) is 31.4 Å². The molecule has 0 spiro atoms. The zero-order valence-electron chi connectivity index (χ0n) is 25.2. The number of nitrogens with zero attached hydrogens (tertiary/aromatic N) is 4. The predicted molar refractivity (Wildman–Crippen MR) is 173 cm³/mol. The topological polar surface area (TPSA) is 110 Å². The summed E-state index contributed by atoms with van der Waals surface area (Å²) in [7, 11) is -0.686. The first-order chi connectivity index (χ1) is 21.6. The van der Waals surface area contributed by atoms with Gasteiger partial charge in [-0.2, -0.15) is 0 Å². The smallest absolute Gasteiger partial charge is 0.255 e. The Morgan fingerprint density at radius 2 is 1.93 bits per heavy atom. The summed E-state index contributed by atoms with van der Waals surface area (Å²) in [4.78, 5) is 22.9. The molecule has 9 nitrogen and oxygen atoms in total. The largest absolute Gasteiger partial charge is 0.455 e. The molecule has 11 heteroatoms. The number of benzene rings is 2. The highest BCUT2D eigenvalue weighted by atomic mass is 32.2. The van der Waals surface area contributed by atoms with Crippen LogP contribution in [0.2, 0.25) is 0 Å². The van der Waals surface area contributed by atoms with E-state index in [0.717, 1.165) is 35.1 Å². The second kappa shape index (κ2) is 10.6. The monoisotopic (exact) mass is 623 g/mol. The number of anilines is 1. The number of furan rings is 1. The van der Waals surface area contributed by atoms with Crippen LogP contribution < -0.4 is 9.62 Å². The summed E-state index contributed by atoms with van der Waals surface area (Å²) in [5, 5.41) is 3.73. The quantitative estimate of drug-likeness (QED) is 0.237. The number of carbonyl (C=O) groups excluding carboxylic acids is 1. The molecule has 6 aromatic rings. The summed E-state index contributed by atoms with van der Waals surface area (Å²) in [6.45, 7) is 2.69. The maximum atomic E-state index is 14.7. The minimum atomic E-state index is -3.70. The third kappa shape index (κ3) is 4.65. The summed E-state index contributed by atoms with van der Waals surface area (Å²) < 4.78 is 50.0. The van der Waals surface area contributed by atoms with Crippen LogP contribution in [0, 0.1) is 5.82 Å². The molecule has 7 rings (SSSR count). The molecule has 1 amide bonds. The predicted octanol–water partition coefficient (Wildman–Crippen LogP) is 6.19. The molecule has 1 N–H and O–H groups in total. The Labute approximate surface area is 259 Å². The Kier molecular flexibility index (Phi) is 6.74. The van der Waals surface area contributed by atoms with Crippen molar-refractivity contribution in [3.63, 3.8) is 0 Å². The van der Waals surface area contributed by atoms with Crippen molar-refractivity contribution in [1.29, 1.82) is 0 Å². The van der Waals surface area contributed by atoms with Crippen LogP contribution in [0.3, 0.4) is 0 Å². The molecule has 0 atom stereocenters. The van der Waals surface area contributed by atoms with E-state index >= 15 is 0 Å². The average molecular weight is 624 g/mol. The molecule has 0 saturated carbocycles. The molecule has 45 heavy (non-hydrogen) atoms. The standard InChI is InChI=1S/C34H30FN5O4S/c1-5-21-11-9-20(18-37-21)33-31(34(41)36-2)24-15-23(28(17-30(24)44-33)39(3)45(4,42)43)26-12-10-19-13-14-40-27-8-6-7-25(35)22(27)16-29(40)32(19)38-26/h6-12,15-18H,5,13-14H2,1-4H3,(H,36,41). The third-order valence-corrected chi connectivity index (χ3v) is 9.73. The van der Waals surface area contributed by atoms with Gasteiger partial charge in [0.15, 0.2) is 0 Å². The van der Waals surface area contributed by atoms with Crippen LogP contribution in [0.1, 0.15) is 28.5 Å². The zero-order chi connectivity index (χ0) is 31.6. The second-order valence-electron chi connectivity index (χ2n) is 11.2. The van der Waals surface area contributed by atoms with Crippen LogP contribution in [-0.4, -0.2) is 49.2 Å². The van der Waals surface area contributed by atoms with E-state index in [1.807, 2.05) is 43.3 Å². The van der Waals surface area contributed by atoms with Gasteiger partial charge in [-0.05, 0) is 60.9 Å². The fraction of sp³-hybridized carbons (Fsp3) is 0.206. The van der Waals surface area contributed by atoms with Crippen LogP contribution in [0.25, 0.3) is 55.8 Å². The number of sulfonamides is 1. The molecule has 1 aliphatic heterocycles. The maximum Gasteiger partial charge on any atom is 0.255 e. The van der Waals surface area contributed by atoms with Gasteiger partial charge < -0.3 is 14.3 Å². The van der Waals surface area contributed by atoms with E-state index in [-0.39, 0.29) is 11.7 Å². The summed E-state index contributed by atoms with van der Waals surface area (Å²) in [5.41, 5.74) is 6.79. The van der Waals surface area contributed by atoms with Crippen LogP contribution in [0.15, 0.2) is 71.3 Å². The molecule has 0 radical (unpaired) electrons. The van der Waals surface area contributed by atoms with Gasteiger partial charge in [0.2, 0.25) is 10.0 Å². The van der Waals surface area contributed by atoms with E-state index in [9.17, 15) is 17.6 Å². The van der Waals surface area contributed by atoms with Gasteiger partial charge in [0, 0.05) is 60.5 Å². The number of aryl methyl sites for hydroxylation is 3. The fourth-order valence-corrected chi connectivity index (χ4v) is 6.59. The number of aromatic nitrogens is 3. The maximum absolute atomic E-state index is 14.7. The molecule has 228 valence electrons. The Morgan fingerprint density at radius 1 is 1.11 bits per heavy atom. The van der Waals surface area contributed by atoms with Gasteiger partial charge in [-0.1, -0.05) is 19.1 Å². The number of fused-ring (bicyclic) bond motifs is 6. The fourth-order valence-electron chi connectivity index (χ4n) is 6.08. The Bertz CT molecular complexity index is 2270. The average Bonchev–Trinajstić information content (AvgIpc) is 3.62. The van der Waals surface area contributed by atoms with Gasteiger partial charge in [-0.3, -0.25) is 14.1 Å². The van der Waals surface area contributed by atoms with Crippen molar-refractivity contribution in [2.24, 2.45) is 0 Å². The number of pyridine rings is 2. The summed E-state index contributed by atoms with van der Waals surface area (Å²) >= 11 is 0. The number of carbonyl (C=O) groups is 1. The van der Waals surface area contributed by atoms with Gasteiger partial charge in [0.1, 0.15) is 17.2 Å². The van der Waals surface area contributed by atoms with Crippen molar-refractivity contribution < 1.29 is 22.0 Å². The van der Waals surface area contributed by atoms with E-state index < -0.39 is 10.0 Å². The highest BCUT2D eigenvalue weighted by Crippen LogP contribution is 2.42. The molecule has 0 fully saturated rings. The van der Waals surface area contributed by atoms with E-state index in [2.05, 4.69) is 14.9 Å². The van der Waals surface area contributed by atoms with Crippen molar-refractivity contribution >= 4 is 43.5 Å². The van der Waals surface area contributed by atoms with Gasteiger partial charge in [-0.15, -0.1) is 0 Å². The normalized spacial score (nSPS) is 12.7. The number of amides is 1. The molecule has 0 bridgehead atoms. The highest BCUT2D eigenvalue weighted by molar-refractivity contribution is 7.92. The van der Waals surface area contributed by atoms with Crippen LogP contribution in [0.4, 0.5) is 10.1 Å². The SMILES string of the molecule is CCc1ccc(-c2oc3cc(N(C)S(C)(=O)=O)c(-c4ccc5c(n4)-c4cc6c(F)cccc6n4CC5)cc3c2C(=O)NC)cn1. The molecule has 0 unspecified atom stereocenters. The third-order valence-electron chi connectivity index (χ3n) is 8.54. The van der Waals surface area contributed by atoms with Crippen LogP contribution >= 0.6 is 0 Å². The molecule has 0 saturated heterocycles.